The van der Waals surface area contributed by atoms with E-state index in [4.69, 9.17) is 21.7 Å². The van der Waals surface area contributed by atoms with Gasteiger partial charge in [-0.15, -0.1) is 11.3 Å². The number of rotatable bonds is 4. The number of ether oxygens (including phenoxy) is 2. The number of carbonyl (C=O) groups excluding carboxylic acids is 1. The third-order valence-corrected chi connectivity index (χ3v) is 5.12. The Bertz CT molecular complexity index is 723. The Morgan fingerprint density at radius 3 is 3.04 bits per heavy atom. The summed E-state index contributed by atoms with van der Waals surface area (Å²) in [6, 6.07) is 7.81. The summed E-state index contributed by atoms with van der Waals surface area (Å²) in [4.78, 5) is 12.5. The van der Waals surface area contributed by atoms with Crippen LogP contribution in [0.4, 0.5) is 5.69 Å². The number of carbonyl (C=O) groups is 1. The topological polar surface area (TPSA) is 59.6 Å². The second-order valence-electron chi connectivity index (χ2n) is 5.26. The van der Waals surface area contributed by atoms with E-state index in [1.807, 2.05) is 24.3 Å². The van der Waals surface area contributed by atoms with E-state index >= 15 is 0 Å². The van der Waals surface area contributed by atoms with Crippen LogP contribution in [-0.4, -0.2) is 37.4 Å². The summed E-state index contributed by atoms with van der Waals surface area (Å²) in [5, 5.41) is 7.74. The lowest BCUT2D eigenvalue weighted by atomic mass is 10.2. The highest BCUT2D eigenvalue weighted by molar-refractivity contribution is 7.80. The van der Waals surface area contributed by atoms with Gasteiger partial charge in [0.25, 0.3) is 0 Å². The molecule has 0 bridgehead atoms. The molecule has 7 heteroatoms. The molecule has 1 aliphatic heterocycles. The summed E-state index contributed by atoms with van der Waals surface area (Å²) in [5.41, 5.74) is 0.697. The van der Waals surface area contributed by atoms with Crippen LogP contribution in [0.2, 0.25) is 0 Å². The highest BCUT2D eigenvalue weighted by atomic mass is 32.1. The van der Waals surface area contributed by atoms with Crippen molar-refractivity contribution >= 4 is 50.4 Å². The smallest absolute Gasteiger partial charge is 0.350 e. The summed E-state index contributed by atoms with van der Waals surface area (Å²) >= 11 is 6.75. The van der Waals surface area contributed by atoms with Crippen molar-refractivity contribution < 1.29 is 14.3 Å². The van der Waals surface area contributed by atoms with Gasteiger partial charge in [-0.25, -0.2) is 4.79 Å². The summed E-state index contributed by atoms with van der Waals surface area (Å²) in [6.07, 6.45) is 2.34. The van der Waals surface area contributed by atoms with Gasteiger partial charge in [0, 0.05) is 23.2 Å². The second kappa shape index (κ2) is 7.25. The Kier molecular flexibility index (Phi) is 5.09. The lowest BCUT2D eigenvalue weighted by Gasteiger charge is -2.14. The van der Waals surface area contributed by atoms with E-state index < -0.39 is 0 Å². The first-order valence-electron chi connectivity index (χ1n) is 7.45. The fraction of sp³-hybridized carbons (Fsp3) is 0.375. The molecule has 2 N–H and O–H groups in total. The third kappa shape index (κ3) is 3.63. The molecule has 0 unspecified atom stereocenters. The SMILES string of the molecule is COC(=O)c1sc2ccccc2c1NC(=S)NC[C@@H]1CCCO1. The van der Waals surface area contributed by atoms with Crippen LogP contribution in [0.3, 0.4) is 0 Å². The van der Waals surface area contributed by atoms with Gasteiger partial charge in [0.2, 0.25) is 0 Å². The normalized spacial score (nSPS) is 17.2. The molecule has 1 aromatic heterocycles. The van der Waals surface area contributed by atoms with E-state index in [-0.39, 0.29) is 12.1 Å². The molecule has 0 radical (unpaired) electrons. The molecular weight excluding hydrogens is 332 g/mol. The lowest BCUT2D eigenvalue weighted by molar-refractivity contribution is 0.0607. The van der Waals surface area contributed by atoms with Crippen molar-refractivity contribution in [2.75, 3.05) is 25.6 Å². The molecule has 2 aromatic rings. The Balaban J connectivity index is 1.77. The van der Waals surface area contributed by atoms with Gasteiger partial charge in [0.1, 0.15) is 4.88 Å². The highest BCUT2D eigenvalue weighted by Gasteiger charge is 2.20. The van der Waals surface area contributed by atoms with E-state index in [1.54, 1.807) is 0 Å². The molecule has 5 nitrogen and oxygen atoms in total. The monoisotopic (exact) mass is 350 g/mol. The van der Waals surface area contributed by atoms with E-state index in [1.165, 1.54) is 18.4 Å². The zero-order chi connectivity index (χ0) is 16.2. The Labute approximate surface area is 144 Å². The first-order valence-corrected chi connectivity index (χ1v) is 8.68. The first kappa shape index (κ1) is 16.2. The summed E-state index contributed by atoms with van der Waals surface area (Å²) in [7, 11) is 1.38. The van der Waals surface area contributed by atoms with Crippen LogP contribution in [0, 0.1) is 0 Å². The zero-order valence-electron chi connectivity index (χ0n) is 12.8. The molecule has 1 fully saturated rings. The number of esters is 1. The van der Waals surface area contributed by atoms with Crippen LogP contribution >= 0.6 is 23.6 Å². The minimum atomic E-state index is -0.365. The molecule has 1 saturated heterocycles. The second-order valence-corrected chi connectivity index (χ2v) is 6.72. The maximum absolute atomic E-state index is 12.0. The average molecular weight is 350 g/mol. The largest absolute Gasteiger partial charge is 0.465 e. The predicted molar refractivity (Wildman–Crippen MR) is 96.4 cm³/mol. The van der Waals surface area contributed by atoms with Crippen LogP contribution in [-0.2, 0) is 9.47 Å². The summed E-state index contributed by atoms with van der Waals surface area (Å²) in [6.45, 7) is 1.48. The molecule has 0 aliphatic carbocycles. The third-order valence-electron chi connectivity index (χ3n) is 3.72. The van der Waals surface area contributed by atoms with Crippen LogP contribution in [0.5, 0.6) is 0 Å². The number of hydrogen-bond donors (Lipinski definition) is 2. The highest BCUT2D eigenvalue weighted by Crippen LogP contribution is 2.36. The van der Waals surface area contributed by atoms with Gasteiger partial charge < -0.3 is 20.1 Å². The van der Waals surface area contributed by atoms with E-state index in [9.17, 15) is 4.79 Å². The number of methoxy groups -OCH3 is 1. The number of hydrogen-bond acceptors (Lipinski definition) is 5. The first-order chi connectivity index (χ1) is 11.2. The molecule has 1 atom stereocenters. The average Bonchev–Trinajstić information content (AvgIpc) is 3.20. The fourth-order valence-electron chi connectivity index (χ4n) is 2.58. The van der Waals surface area contributed by atoms with Crippen molar-refractivity contribution in [1.82, 2.24) is 5.32 Å². The zero-order valence-corrected chi connectivity index (χ0v) is 14.4. The van der Waals surface area contributed by atoms with Crippen molar-refractivity contribution in [3.8, 4) is 0 Å². The molecule has 1 aromatic carbocycles. The predicted octanol–water partition coefficient (Wildman–Crippen LogP) is 3.15. The molecule has 23 heavy (non-hydrogen) atoms. The maximum Gasteiger partial charge on any atom is 0.350 e. The van der Waals surface area contributed by atoms with Crippen LogP contribution in [0.25, 0.3) is 10.1 Å². The molecule has 3 rings (SSSR count). The van der Waals surface area contributed by atoms with Crippen LogP contribution in [0.15, 0.2) is 24.3 Å². The van der Waals surface area contributed by atoms with E-state index in [0.717, 1.165) is 29.5 Å². The minimum absolute atomic E-state index is 0.203. The van der Waals surface area contributed by atoms with Crippen molar-refractivity contribution in [3.05, 3.63) is 29.1 Å². The van der Waals surface area contributed by atoms with E-state index in [2.05, 4.69) is 10.6 Å². The molecule has 1 aliphatic rings. The number of anilines is 1. The number of benzene rings is 1. The number of thiocarbonyl (C=S) groups is 1. The fourth-order valence-corrected chi connectivity index (χ4v) is 3.84. The van der Waals surface area contributed by atoms with Crippen molar-refractivity contribution in [1.29, 1.82) is 0 Å². The van der Waals surface area contributed by atoms with E-state index in [0.29, 0.717) is 22.2 Å². The molecular formula is C16H18N2O3S2. The van der Waals surface area contributed by atoms with Crippen molar-refractivity contribution in [2.24, 2.45) is 0 Å². The summed E-state index contributed by atoms with van der Waals surface area (Å²) < 4.78 is 11.5. The Morgan fingerprint density at radius 1 is 1.48 bits per heavy atom. The Hall–Kier alpha value is -1.70. The number of fused-ring (bicyclic) bond motifs is 1. The molecule has 2 heterocycles. The molecule has 0 spiro atoms. The van der Waals surface area contributed by atoms with Gasteiger partial charge >= 0.3 is 5.97 Å². The van der Waals surface area contributed by atoms with Crippen LogP contribution < -0.4 is 10.6 Å². The minimum Gasteiger partial charge on any atom is -0.465 e. The quantitative estimate of drug-likeness (QED) is 0.652. The molecule has 122 valence electrons. The molecule has 0 saturated carbocycles. The van der Waals surface area contributed by atoms with Crippen LogP contribution in [0.1, 0.15) is 22.5 Å². The number of nitrogens with one attached hydrogen (secondary N) is 2. The number of thiophene rings is 1. The van der Waals surface area contributed by atoms with Gasteiger partial charge in [0.05, 0.1) is 18.9 Å². The van der Waals surface area contributed by atoms with Crippen molar-refractivity contribution in [2.45, 2.75) is 18.9 Å². The molecule has 0 amide bonds. The van der Waals surface area contributed by atoms with Gasteiger partial charge in [-0.1, -0.05) is 18.2 Å². The van der Waals surface area contributed by atoms with Gasteiger partial charge in [-0.05, 0) is 31.1 Å². The lowest BCUT2D eigenvalue weighted by Crippen LogP contribution is -2.35. The Morgan fingerprint density at radius 2 is 2.30 bits per heavy atom. The van der Waals surface area contributed by atoms with Gasteiger partial charge in [-0.3, -0.25) is 0 Å². The standard InChI is InChI=1S/C16H18N2O3S2/c1-20-15(19)14-13(11-6-2-3-7-12(11)23-14)18-16(22)17-9-10-5-4-8-21-10/h2-3,6-7,10H,4-5,8-9H2,1H3,(H2,17,18,22)/t10-/m0/s1. The van der Waals surface area contributed by atoms with Gasteiger partial charge in [-0.2, -0.15) is 0 Å². The summed E-state index contributed by atoms with van der Waals surface area (Å²) in [5.74, 6) is -0.365. The van der Waals surface area contributed by atoms with Crippen molar-refractivity contribution in [3.63, 3.8) is 0 Å². The van der Waals surface area contributed by atoms with Gasteiger partial charge in [0.15, 0.2) is 5.11 Å². The maximum atomic E-state index is 12.0.